The van der Waals surface area contributed by atoms with E-state index in [1.54, 1.807) is 36.1 Å². The van der Waals surface area contributed by atoms with Crippen LogP contribution < -0.4 is 4.74 Å². The van der Waals surface area contributed by atoms with Crippen molar-refractivity contribution in [2.75, 3.05) is 0 Å². The third kappa shape index (κ3) is 2.60. The largest absolute Gasteiger partial charge is 0.485 e. The first-order chi connectivity index (χ1) is 8.16. The maximum absolute atomic E-state index is 10.9. The smallest absolute Gasteiger partial charge is 0.358 e. The van der Waals surface area contributed by atoms with Gasteiger partial charge in [0.2, 0.25) is 0 Å². The van der Waals surface area contributed by atoms with Crippen LogP contribution in [0.1, 0.15) is 16.2 Å². The average Bonchev–Trinajstić information content (AvgIpc) is 2.73. The van der Waals surface area contributed by atoms with E-state index in [0.717, 1.165) is 5.69 Å². The van der Waals surface area contributed by atoms with Crippen molar-refractivity contribution in [3.8, 4) is 5.75 Å². The number of carbonyl (C=O) groups is 1. The van der Waals surface area contributed by atoms with Gasteiger partial charge in [0.15, 0.2) is 11.4 Å². The minimum Gasteiger partial charge on any atom is -0.485 e. The van der Waals surface area contributed by atoms with Crippen molar-refractivity contribution < 1.29 is 14.6 Å². The topological polar surface area (TPSA) is 77.2 Å². The third-order valence-electron chi connectivity index (χ3n) is 2.12. The molecule has 0 aromatic carbocycles. The Balaban J connectivity index is 2.11. The quantitative estimate of drug-likeness (QED) is 0.855. The molecule has 1 N–H and O–H groups in total. The van der Waals surface area contributed by atoms with Crippen LogP contribution in [0.2, 0.25) is 0 Å². The molecule has 2 aromatic heterocycles. The highest BCUT2D eigenvalue weighted by molar-refractivity contribution is 5.88. The van der Waals surface area contributed by atoms with Crippen molar-refractivity contribution >= 4 is 5.97 Å². The molecule has 0 atom stereocenters. The molecule has 88 valence electrons. The third-order valence-corrected chi connectivity index (χ3v) is 2.12. The van der Waals surface area contributed by atoms with E-state index in [1.165, 1.54) is 6.20 Å². The van der Waals surface area contributed by atoms with Crippen molar-refractivity contribution in [2.45, 2.75) is 6.61 Å². The van der Waals surface area contributed by atoms with Crippen LogP contribution in [0, 0.1) is 0 Å². The van der Waals surface area contributed by atoms with E-state index in [9.17, 15) is 4.79 Å². The van der Waals surface area contributed by atoms with Gasteiger partial charge in [-0.25, -0.2) is 9.78 Å². The Bertz CT molecular complexity index is 536. The van der Waals surface area contributed by atoms with Crippen LogP contribution in [0.5, 0.6) is 5.75 Å². The lowest BCUT2D eigenvalue weighted by atomic mass is 10.3. The molecule has 0 saturated heterocycles. The van der Waals surface area contributed by atoms with Gasteiger partial charge in [0.1, 0.15) is 6.61 Å². The highest BCUT2D eigenvalue weighted by Gasteiger charge is 2.12. The molecule has 6 heteroatoms. The summed E-state index contributed by atoms with van der Waals surface area (Å²) in [6.07, 6.45) is 3.21. The van der Waals surface area contributed by atoms with Crippen molar-refractivity contribution in [1.82, 2.24) is 14.8 Å². The number of aromatic nitrogens is 3. The molecular weight excluding hydrogens is 222 g/mol. The fourth-order valence-electron chi connectivity index (χ4n) is 1.36. The summed E-state index contributed by atoms with van der Waals surface area (Å²) < 4.78 is 7.03. The van der Waals surface area contributed by atoms with Gasteiger partial charge in [-0.15, -0.1) is 0 Å². The van der Waals surface area contributed by atoms with Crippen molar-refractivity contribution in [2.24, 2.45) is 7.05 Å². The van der Waals surface area contributed by atoms with E-state index >= 15 is 0 Å². The fourth-order valence-corrected chi connectivity index (χ4v) is 1.36. The molecule has 2 aromatic rings. The number of carboxylic acid groups (broad SMARTS) is 1. The summed E-state index contributed by atoms with van der Waals surface area (Å²) >= 11 is 0. The highest BCUT2D eigenvalue weighted by atomic mass is 16.5. The zero-order chi connectivity index (χ0) is 12.3. The Morgan fingerprint density at radius 1 is 1.53 bits per heavy atom. The Labute approximate surface area is 97.5 Å². The SMILES string of the molecule is Cn1ccc(COc2cccnc2C(=O)O)n1. The molecular formula is C11H11N3O3. The second-order valence-corrected chi connectivity index (χ2v) is 3.42. The van der Waals surface area contributed by atoms with Crippen molar-refractivity contribution in [1.29, 1.82) is 0 Å². The molecule has 0 aliphatic heterocycles. The van der Waals surface area contributed by atoms with Gasteiger partial charge in [0, 0.05) is 19.4 Å². The van der Waals surface area contributed by atoms with Gasteiger partial charge in [-0.3, -0.25) is 4.68 Å². The Hall–Kier alpha value is -2.37. The first-order valence-electron chi connectivity index (χ1n) is 4.96. The lowest BCUT2D eigenvalue weighted by Crippen LogP contribution is -2.06. The lowest BCUT2D eigenvalue weighted by Gasteiger charge is -2.06. The Kier molecular flexibility index (Phi) is 3.04. The van der Waals surface area contributed by atoms with Gasteiger partial charge in [0.05, 0.1) is 5.69 Å². The molecule has 6 nitrogen and oxygen atoms in total. The number of aromatic carboxylic acids is 1. The molecule has 0 amide bonds. The first-order valence-corrected chi connectivity index (χ1v) is 4.96. The molecule has 0 unspecified atom stereocenters. The lowest BCUT2D eigenvalue weighted by molar-refractivity contribution is 0.0684. The second-order valence-electron chi connectivity index (χ2n) is 3.42. The van der Waals surface area contributed by atoms with E-state index in [0.29, 0.717) is 0 Å². The van der Waals surface area contributed by atoms with Crippen LogP contribution in [0.25, 0.3) is 0 Å². The molecule has 0 saturated carbocycles. The second kappa shape index (κ2) is 4.65. The van der Waals surface area contributed by atoms with E-state index < -0.39 is 5.97 Å². The number of hydrogen-bond acceptors (Lipinski definition) is 4. The number of carboxylic acids is 1. The first kappa shape index (κ1) is 11.1. The molecule has 0 radical (unpaired) electrons. The number of ether oxygens (including phenoxy) is 1. The molecule has 2 heterocycles. The number of rotatable bonds is 4. The van der Waals surface area contributed by atoms with Crippen LogP contribution in [0.15, 0.2) is 30.6 Å². The van der Waals surface area contributed by atoms with Crippen LogP contribution in [-0.2, 0) is 13.7 Å². The number of aryl methyl sites for hydroxylation is 1. The van der Waals surface area contributed by atoms with Gasteiger partial charge in [-0.05, 0) is 18.2 Å². The summed E-state index contributed by atoms with van der Waals surface area (Å²) in [6.45, 7) is 0.215. The number of nitrogens with zero attached hydrogens (tertiary/aromatic N) is 3. The van der Waals surface area contributed by atoms with Crippen LogP contribution in [-0.4, -0.2) is 25.8 Å². The Morgan fingerprint density at radius 3 is 3.00 bits per heavy atom. The summed E-state index contributed by atoms with van der Waals surface area (Å²) in [4.78, 5) is 14.6. The summed E-state index contributed by atoms with van der Waals surface area (Å²) in [5, 5.41) is 13.0. The van der Waals surface area contributed by atoms with Gasteiger partial charge < -0.3 is 9.84 Å². The molecule has 0 aliphatic rings. The predicted molar refractivity (Wildman–Crippen MR) is 58.7 cm³/mol. The zero-order valence-corrected chi connectivity index (χ0v) is 9.20. The monoisotopic (exact) mass is 233 g/mol. The predicted octanol–water partition coefficient (Wildman–Crippen LogP) is 1.09. The van der Waals surface area contributed by atoms with E-state index in [2.05, 4.69) is 10.1 Å². The standard InChI is InChI=1S/C11H11N3O3/c1-14-6-4-8(13-14)7-17-9-3-2-5-12-10(9)11(15)16/h2-6H,7H2,1H3,(H,15,16). The van der Waals surface area contributed by atoms with Gasteiger partial charge in [0.25, 0.3) is 0 Å². The Morgan fingerprint density at radius 2 is 2.35 bits per heavy atom. The van der Waals surface area contributed by atoms with Gasteiger partial charge in [-0.2, -0.15) is 5.10 Å². The molecule has 2 rings (SSSR count). The molecule has 0 aliphatic carbocycles. The number of pyridine rings is 1. The average molecular weight is 233 g/mol. The van der Waals surface area contributed by atoms with Crippen molar-refractivity contribution in [3.63, 3.8) is 0 Å². The fraction of sp³-hybridized carbons (Fsp3) is 0.182. The van der Waals surface area contributed by atoms with E-state index in [1.807, 2.05) is 0 Å². The minimum atomic E-state index is -1.11. The summed E-state index contributed by atoms with van der Waals surface area (Å²) in [6, 6.07) is 5.00. The normalized spacial score (nSPS) is 10.2. The van der Waals surface area contributed by atoms with Crippen LogP contribution in [0.3, 0.4) is 0 Å². The maximum atomic E-state index is 10.9. The van der Waals surface area contributed by atoms with E-state index in [4.69, 9.17) is 9.84 Å². The van der Waals surface area contributed by atoms with E-state index in [-0.39, 0.29) is 18.1 Å². The molecule has 0 fully saturated rings. The molecule has 17 heavy (non-hydrogen) atoms. The summed E-state index contributed by atoms with van der Waals surface area (Å²) in [5.74, 6) is -0.868. The summed E-state index contributed by atoms with van der Waals surface area (Å²) in [5.41, 5.74) is 0.635. The van der Waals surface area contributed by atoms with Crippen molar-refractivity contribution in [3.05, 3.63) is 42.0 Å². The van der Waals surface area contributed by atoms with Crippen LogP contribution >= 0.6 is 0 Å². The highest BCUT2D eigenvalue weighted by Crippen LogP contribution is 2.16. The van der Waals surface area contributed by atoms with Crippen LogP contribution in [0.4, 0.5) is 0 Å². The zero-order valence-electron chi connectivity index (χ0n) is 9.20. The molecule has 0 bridgehead atoms. The maximum Gasteiger partial charge on any atom is 0.358 e. The van der Waals surface area contributed by atoms with Gasteiger partial charge in [-0.1, -0.05) is 0 Å². The number of hydrogen-bond donors (Lipinski definition) is 1. The summed E-state index contributed by atoms with van der Waals surface area (Å²) in [7, 11) is 1.80. The molecule has 0 spiro atoms. The van der Waals surface area contributed by atoms with Gasteiger partial charge >= 0.3 is 5.97 Å². The minimum absolute atomic E-state index is 0.0940.